The number of amides is 1. The predicted octanol–water partition coefficient (Wildman–Crippen LogP) is 3.21. The van der Waals surface area contributed by atoms with Gasteiger partial charge in [0.05, 0.1) is 21.3 Å². The maximum Gasteiger partial charge on any atom is 0.227 e. The Bertz CT molecular complexity index is 810. The monoisotopic (exact) mass is 370 g/mol. The molecule has 0 saturated heterocycles. The first-order valence-corrected chi connectivity index (χ1v) is 9.05. The standard InChI is InChI=1S/C21H26N2O4/c1-25-18-12-14(13-19(26-2)21(18)27-3)9-10-20(24)23-11-5-6-15-16(22)7-4-8-17(15)23/h4,7-8,12-13H,5-6,9-11,22H2,1-3H3. The molecule has 1 amide bonds. The summed E-state index contributed by atoms with van der Waals surface area (Å²) in [5, 5.41) is 0. The number of benzene rings is 2. The summed E-state index contributed by atoms with van der Waals surface area (Å²) in [6.45, 7) is 0.727. The molecule has 0 spiro atoms. The number of ether oxygens (including phenoxy) is 3. The van der Waals surface area contributed by atoms with Crippen LogP contribution in [0.4, 0.5) is 11.4 Å². The number of carbonyl (C=O) groups is 1. The van der Waals surface area contributed by atoms with E-state index in [-0.39, 0.29) is 5.91 Å². The van der Waals surface area contributed by atoms with E-state index in [4.69, 9.17) is 19.9 Å². The second kappa shape index (κ2) is 8.20. The Balaban J connectivity index is 1.76. The molecule has 144 valence electrons. The van der Waals surface area contributed by atoms with Gasteiger partial charge in [-0.1, -0.05) is 6.07 Å². The predicted molar refractivity (Wildman–Crippen MR) is 106 cm³/mol. The van der Waals surface area contributed by atoms with Gasteiger partial charge >= 0.3 is 0 Å². The number of anilines is 2. The van der Waals surface area contributed by atoms with Gasteiger partial charge in [-0.15, -0.1) is 0 Å². The molecule has 27 heavy (non-hydrogen) atoms. The zero-order valence-electron chi connectivity index (χ0n) is 16.1. The summed E-state index contributed by atoms with van der Waals surface area (Å²) >= 11 is 0. The van der Waals surface area contributed by atoms with Crippen LogP contribution in [0.2, 0.25) is 0 Å². The molecule has 0 aliphatic carbocycles. The second-order valence-electron chi connectivity index (χ2n) is 6.53. The van der Waals surface area contributed by atoms with E-state index in [1.54, 1.807) is 21.3 Å². The minimum atomic E-state index is 0.0929. The normalized spacial score (nSPS) is 13.1. The van der Waals surface area contributed by atoms with E-state index in [9.17, 15) is 4.79 Å². The van der Waals surface area contributed by atoms with Crippen molar-refractivity contribution in [2.45, 2.75) is 25.7 Å². The van der Waals surface area contributed by atoms with E-state index in [1.807, 2.05) is 35.2 Å². The van der Waals surface area contributed by atoms with Crippen LogP contribution in [0.15, 0.2) is 30.3 Å². The number of rotatable bonds is 6. The van der Waals surface area contributed by atoms with Crippen LogP contribution in [-0.2, 0) is 17.6 Å². The quantitative estimate of drug-likeness (QED) is 0.791. The Hall–Kier alpha value is -2.89. The lowest BCUT2D eigenvalue weighted by Crippen LogP contribution is -2.35. The fourth-order valence-corrected chi connectivity index (χ4v) is 3.58. The van der Waals surface area contributed by atoms with Crippen molar-refractivity contribution in [1.82, 2.24) is 0 Å². The number of carbonyl (C=O) groups excluding carboxylic acids is 1. The number of aryl methyl sites for hydroxylation is 1. The molecule has 0 atom stereocenters. The Morgan fingerprint density at radius 1 is 1.11 bits per heavy atom. The molecule has 0 unspecified atom stereocenters. The Morgan fingerprint density at radius 3 is 2.44 bits per heavy atom. The Morgan fingerprint density at radius 2 is 1.81 bits per heavy atom. The van der Waals surface area contributed by atoms with Crippen LogP contribution in [0.25, 0.3) is 0 Å². The fraction of sp³-hybridized carbons (Fsp3) is 0.381. The molecule has 2 aromatic carbocycles. The van der Waals surface area contributed by atoms with Crippen LogP contribution >= 0.6 is 0 Å². The van der Waals surface area contributed by atoms with Gasteiger partial charge in [-0.3, -0.25) is 4.79 Å². The number of fused-ring (bicyclic) bond motifs is 1. The lowest BCUT2D eigenvalue weighted by Gasteiger charge is -2.30. The molecular weight excluding hydrogens is 344 g/mol. The molecule has 6 heteroatoms. The van der Waals surface area contributed by atoms with Crippen LogP contribution < -0.4 is 24.8 Å². The van der Waals surface area contributed by atoms with E-state index in [0.717, 1.165) is 41.9 Å². The average molecular weight is 370 g/mol. The van der Waals surface area contributed by atoms with Crippen molar-refractivity contribution < 1.29 is 19.0 Å². The molecular formula is C21H26N2O4. The van der Waals surface area contributed by atoms with E-state index < -0.39 is 0 Å². The molecule has 1 heterocycles. The molecule has 0 radical (unpaired) electrons. The van der Waals surface area contributed by atoms with Gasteiger partial charge in [0, 0.05) is 24.3 Å². The average Bonchev–Trinajstić information content (AvgIpc) is 2.71. The van der Waals surface area contributed by atoms with Gasteiger partial charge < -0.3 is 24.8 Å². The number of hydrogen-bond donors (Lipinski definition) is 1. The minimum Gasteiger partial charge on any atom is -0.493 e. The van der Waals surface area contributed by atoms with E-state index in [2.05, 4.69) is 0 Å². The third-order valence-corrected chi connectivity index (χ3v) is 4.94. The molecule has 0 saturated carbocycles. The molecule has 6 nitrogen and oxygen atoms in total. The van der Waals surface area contributed by atoms with Crippen LogP contribution in [0.3, 0.4) is 0 Å². The highest BCUT2D eigenvalue weighted by molar-refractivity contribution is 5.95. The van der Waals surface area contributed by atoms with Crippen molar-refractivity contribution in [3.63, 3.8) is 0 Å². The third kappa shape index (κ3) is 3.79. The molecule has 2 aromatic rings. The summed E-state index contributed by atoms with van der Waals surface area (Å²) in [5.74, 6) is 1.83. The van der Waals surface area contributed by atoms with E-state index in [1.165, 1.54) is 0 Å². The Labute approximate surface area is 159 Å². The number of nitrogen functional groups attached to an aromatic ring is 1. The molecule has 1 aliphatic rings. The number of nitrogens with two attached hydrogens (primary N) is 1. The molecule has 0 aromatic heterocycles. The lowest BCUT2D eigenvalue weighted by molar-refractivity contribution is -0.118. The highest BCUT2D eigenvalue weighted by Gasteiger charge is 2.23. The highest BCUT2D eigenvalue weighted by Crippen LogP contribution is 2.38. The molecule has 0 bridgehead atoms. The maximum absolute atomic E-state index is 12.9. The van der Waals surface area contributed by atoms with Crippen LogP contribution in [0, 0.1) is 0 Å². The first-order chi connectivity index (χ1) is 13.1. The summed E-state index contributed by atoms with van der Waals surface area (Å²) in [6.07, 6.45) is 2.83. The minimum absolute atomic E-state index is 0.0929. The summed E-state index contributed by atoms with van der Waals surface area (Å²) in [5.41, 5.74) is 9.82. The van der Waals surface area contributed by atoms with Crippen molar-refractivity contribution in [2.75, 3.05) is 38.5 Å². The van der Waals surface area contributed by atoms with Crippen molar-refractivity contribution in [3.05, 3.63) is 41.5 Å². The lowest BCUT2D eigenvalue weighted by atomic mass is 9.99. The zero-order valence-corrected chi connectivity index (χ0v) is 16.1. The van der Waals surface area contributed by atoms with Gasteiger partial charge in [-0.2, -0.15) is 0 Å². The summed E-state index contributed by atoms with van der Waals surface area (Å²) in [7, 11) is 4.74. The van der Waals surface area contributed by atoms with Crippen molar-refractivity contribution in [2.24, 2.45) is 0 Å². The Kier molecular flexibility index (Phi) is 5.74. The largest absolute Gasteiger partial charge is 0.493 e. The van der Waals surface area contributed by atoms with Crippen molar-refractivity contribution >= 4 is 17.3 Å². The summed E-state index contributed by atoms with van der Waals surface area (Å²) in [4.78, 5) is 14.7. The smallest absolute Gasteiger partial charge is 0.227 e. The topological polar surface area (TPSA) is 74.0 Å². The van der Waals surface area contributed by atoms with Gasteiger partial charge in [-0.25, -0.2) is 0 Å². The van der Waals surface area contributed by atoms with Gasteiger partial charge in [0.1, 0.15) is 0 Å². The van der Waals surface area contributed by atoms with Crippen LogP contribution in [0.1, 0.15) is 24.0 Å². The first-order valence-electron chi connectivity index (χ1n) is 9.05. The fourth-order valence-electron chi connectivity index (χ4n) is 3.58. The van der Waals surface area contributed by atoms with Gasteiger partial charge in [0.25, 0.3) is 0 Å². The molecule has 3 rings (SSSR count). The van der Waals surface area contributed by atoms with Crippen LogP contribution in [-0.4, -0.2) is 33.8 Å². The molecule has 1 aliphatic heterocycles. The maximum atomic E-state index is 12.9. The van der Waals surface area contributed by atoms with E-state index in [0.29, 0.717) is 30.1 Å². The second-order valence-corrected chi connectivity index (χ2v) is 6.53. The zero-order chi connectivity index (χ0) is 19.4. The number of nitrogens with zero attached hydrogens (tertiary/aromatic N) is 1. The first kappa shape index (κ1) is 18.9. The van der Waals surface area contributed by atoms with Crippen molar-refractivity contribution in [1.29, 1.82) is 0 Å². The number of methoxy groups -OCH3 is 3. The number of hydrogen-bond acceptors (Lipinski definition) is 5. The summed E-state index contributed by atoms with van der Waals surface area (Å²) in [6, 6.07) is 9.54. The SMILES string of the molecule is COc1cc(CCC(=O)N2CCCc3c(N)cccc32)cc(OC)c1OC. The van der Waals surface area contributed by atoms with Gasteiger partial charge in [-0.05, 0) is 54.7 Å². The van der Waals surface area contributed by atoms with Gasteiger partial charge in [0.15, 0.2) is 11.5 Å². The van der Waals surface area contributed by atoms with Gasteiger partial charge in [0.2, 0.25) is 11.7 Å². The van der Waals surface area contributed by atoms with Crippen molar-refractivity contribution in [3.8, 4) is 17.2 Å². The molecule has 0 fully saturated rings. The summed E-state index contributed by atoms with van der Waals surface area (Å²) < 4.78 is 16.1. The van der Waals surface area contributed by atoms with Crippen LogP contribution in [0.5, 0.6) is 17.2 Å². The third-order valence-electron chi connectivity index (χ3n) is 4.94. The molecule has 2 N–H and O–H groups in total. The van der Waals surface area contributed by atoms with E-state index >= 15 is 0 Å². The highest BCUT2D eigenvalue weighted by atomic mass is 16.5.